The molecule has 3 aromatic rings. The fourth-order valence-corrected chi connectivity index (χ4v) is 3.52. The van der Waals surface area contributed by atoms with Crippen molar-refractivity contribution >= 4 is 11.6 Å². The second kappa shape index (κ2) is 8.19. The zero-order valence-electron chi connectivity index (χ0n) is 15.2. The molecule has 0 amide bonds. The Morgan fingerprint density at radius 2 is 1.72 bits per heavy atom. The Hall–Kier alpha value is -2.33. The first kappa shape index (κ1) is 20.0. The van der Waals surface area contributed by atoms with E-state index in [1.165, 1.54) is 4.68 Å². The van der Waals surface area contributed by atoms with E-state index in [-0.39, 0.29) is 5.82 Å². The van der Waals surface area contributed by atoms with Crippen LogP contribution in [0.5, 0.6) is 0 Å². The van der Waals surface area contributed by atoms with E-state index in [0.29, 0.717) is 16.5 Å². The minimum Gasteiger partial charge on any atom is -0.394 e. The number of aliphatic hydroxyl groups excluding tert-OH is 4. The van der Waals surface area contributed by atoms with Gasteiger partial charge in [-0.2, -0.15) is 0 Å². The molecule has 0 aliphatic carbocycles. The van der Waals surface area contributed by atoms with E-state index in [9.17, 15) is 20.4 Å². The smallest absolute Gasteiger partial charge is 0.181 e. The lowest BCUT2D eigenvalue weighted by atomic mass is 9.94. The maximum atomic E-state index is 10.6. The number of hydrogen-bond donors (Lipinski definition) is 4. The molecule has 0 radical (unpaired) electrons. The maximum absolute atomic E-state index is 10.6. The molecule has 1 aromatic heterocycles. The molecule has 1 aliphatic rings. The van der Waals surface area contributed by atoms with Gasteiger partial charge >= 0.3 is 0 Å². The van der Waals surface area contributed by atoms with Crippen LogP contribution in [0.25, 0.3) is 17.1 Å². The van der Waals surface area contributed by atoms with E-state index in [2.05, 4.69) is 10.1 Å². The van der Waals surface area contributed by atoms with E-state index in [4.69, 9.17) is 16.3 Å². The van der Waals surface area contributed by atoms with Gasteiger partial charge in [0.2, 0.25) is 0 Å². The Balaban J connectivity index is 1.84. The molecule has 0 unspecified atom stereocenters. The Labute approximate surface area is 171 Å². The minimum absolute atomic E-state index is 0.211. The maximum Gasteiger partial charge on any atom is 0.181 e. The molecule has 1 fully saturated rings. The molecule has 9 heteroatoms. The lowest BCUT2D eigenvalue weighted by Gasteiger charge is -2.39. The number of ether oxygens (including phenoxy) is 1. The number of rotatable bonds is 4. The van der Waals surface area contributed by atoms with Crippen molar-refractivity contribution in [3.8, 4) is 17.1 Å². The third-order valence-corrected chi connectivity index (χ3v) is 5.10. The lowest BCUT2D eigenvalue weighted by Crippen LogP contribution is -2.55. The van der Waals surface area contributed by atoms with Gasteiger partial charge in [0.25, 0.3) is 0 Å². The van der Waals surface area contributed by atoms with Crippen molar-refractivity contribution in [1.82, 2.24) is 14.8 Å². The molecule has 4 N–H and O–H groups in total. The zero-order chi connectivity index (χ0) is 20.5. The summed E-state index contributed by atoms with van der Waals surface area (Å²) in [6.45, 7) is -0.529. The molecule has 8 nitrogen and oxygen atoms in total. The zero-order valence-corrected chi connectivity index (χ0v) is 16.0. The molecule has 1 aliphatic heterocycles. The molecule has 29 heavy (non-hydrogen) atoms. The summed E-state index contributed by atoms with van der Waals surface area (Å²) in [5.74, 6) is 0.598. The van der Waals surface area contributed by atoms with Gasteiger partial charge in [-0.3, -0.25) is 0 Å². The average Bonchev–Trinajstić information content (AvgIpc) is 3.18. The summed E-state index contributed by atoms with van der Waals surface area (Å²) < 4.78 is 7.17. The van der Waals surface area contributed by atoms with Gasteiger partial charge in [0.05, 0.1) is 12.3 Å². The lowest BCUT2D eigenvalue weighted by molar-refractivity contribution is -0.233. The molecule has 0 bridgehead atoms. The predicted octanol–water partition coefficient (Wildman–Crippen LogP) is 1.10. The average molecular weight is 418 g/mol. The topological polar surface area (TPSA) is 121 Å². The first-order valence-electron chi connectivity index (χ1n) is 9.08. The molecule has 2 aromatic carbocycles. The summed E-state index contributed by atoms with van der Waals surface area (Å²) >= 11 is 6.12. The van der Waals surface area contributed by atoms with Crippen LogP contribution >= 0.6 is 11.6 Å². The molecule has 5 atom stereocenters. The number of hydrogen-bond acceptors (Lipinski definition) is 7. The molecule has 0 saturated carbocycles. The van der Waals surface area contributed by atoms with Crippen LogP contribution < -0.4 is 0 Å². The Morgan fingerprint density at radius 3 is 2.41 bits per heavy atom. The van der Waals surface area contributed by atoms with Crippen molar-refractivity contribution in [2.24, 2.45) is 0 Å². The molecular weight excluding hydrogens is 398 g/mol. The summed E-state index contributed by atoms with van der Waals surface area (Å²) in [5.41, 5.74) is 1.33. The first-order chi connectivity index (χ1) is 14.0. The van der Waals surface area contributed by atoms with Gasteiger partial charge in [0, 0.05) is 10.6 Å². The summed E-state index contributed by atoms with van der Waals surface area (Å²) in [6, 6.07) is 16.2. The second-order valence-electron chi connectivity index (χ2n) is 6.80. The van der Waals surface area contributed by atoms with E-state index < -0.39 is 37.1 Å². The fourth-order valence-electron chi connectivity index (χ4n) is 3.33. The largest absolute Gasteiger partial charge is 0.394 e. The van der Waals surface area contributed by atoms with Crippen molar-refractivity contribution in [2.45, 2.75) is 30.5 Å². The summed E-state index contributed by atoms with van der Waals surface area (Å²) in [7, 11) is 0. The third kappa shape index (κ3) is 3.78. The van der Waals surface area contributed by atoms with E-state index in [1.807, 2.05) is 30.3 Å². The van der Waals surface area contributed by atoms with Crippen molar-refractivity contribution in [3.05, 3.63) is 65.4 Å². The highest BCUT2D eigenvalue weighted by Crippen LogP contribution is 2.34. The monoisotopic (exact) mass is 417 g/mol. The van der Waals surface area contributed by atoms with E-state index in [0.717, 1.165) is 5.56 Å². The van der Waals surface area contributed by atoms with Crippen LogP contribution in [0.15, 0.2) is 54.6 Å². The second-order valence-corrected chi connectivity index (χ2v) is 7.24. The summed E-state index contributed by atoms with van der Waals surface area (Å²) in [6.07, 6.45) is -6.63. The van der Waals surface area contributed by atoms with E-state index in [1.54, 1.807) is 24.3 Å². The summed E-state index contributed by atoms with van der Waals surface area (Å²) in [5, 5.41) is 45.3. The molecule has 4 rings (SSSR count). The Morgan fingerprint density at radius 1 is 0.966 bits per heavy atom. The molecule has 1 saturated heterocycles. The SMILES string of the molecule is OC[C@H]1O[C@@H](c2nc(-c3ccccc3)nn2-c2cccc(Cl)c2)[C@H](O)[C@@H](O)[C@@H]1O. The van der Waals surface area contributed by atoms with Crippen LogP contribution in [-0.2, 0) is 4.74 Å². The quantitative estimate of drug-likeness (QED) is 0.501. The highest BCUT2D eigenvalue weighted by molar-refractivity contribution is 6.30. The van der Waals surface area contributed by atoms with Crippen LogP contribution in [-0.4, -0.2) is 66.2 Å². The highest BCUT2D eigenvalue weighted by Gasteiger charge is 2.46. The number of nitrogens with zero attached hydrogens (tertiary/aromatic N) is 3. The van der Waals surface area contributed by atoms with Gasteiger partial charge in [-0.1, -0.05) is 48.0 Å². The number of halogens is 1. The van der Waals surface area contributed by atoms with Gasteiger partial charge in [-0.15, -0.1) is 5.10 Å². The normalized spacial score (nSPS) is 27.1. The first-order valence-corrected chi connectivity index (χ1v) is 9.46. The van der Waals surface area contributed by atoms with E-state index >= 15 is 0 Å². The minimum atomic E-state index is -1.52. The number of aromatic nitrogens is 3. The van der Waals surface area contributed by atoms with Gasteiger partial charge in [-0.25, -0.2) is 9.67 Å². The molecular formula is C20H20ClN3O5. The number of benzene rings is 2. The predicted molar refractivity (Wildman–Crippen MR) is 105 cm³/mol. The van der Waals surface area contributed by atoms with Crippen molar-refractivity contribution in [2.75, 3.05) is 6.61 Å². The van der Waals surface area contributed by atoms with Crippen LogP contribution in [0.4, 0.5) is 0 Å². The van der Waals surface area contributed by atoms with Crippen LogP contribution in [0.3, 0.4) is 0 Å². The molecule has 0 spiro atoms. The Bertz CT molecular complexity index is 981. The third-order valence-electron chi connectivity index (χ3n) is 4.86. The van der Waals surface area contributed by atoms with Crippen LogP contribution in [0, 0.1) is 0 Å². The molecule has 152 valence electrons. The van der Waals surface area contributed by atoms with Crippen molar-refractivity contribution in [1.29, 1.82) is 0 Å². The standard InChI is InChI=1S/C20H20ClN3O5/c21-12-7-4-8-13(9-12)24-20(22-19(23-24)11-5-2-1-3-6-11)18-17(28)16(27)15(26)14(10-25)29-18/h1-9,14-18,25-28H,10H2/t14-,15-,16+,17-,18-/m1/s1. The molecule has 2 heterocycles. The fraction of sp³-hybridized carbons (Fsp3) is 0.300. The van der Waals surface area contributed by atoms with Crippen LogP contribution in [0.1, 0.15) is 11.9 Å². The van der Waals surface area contributed by atoms with Crippen LogP contribution in [0.2, 0.25) is 5.02 Å². The van der Waals surface area contributed by atoms with Gasteiger partial charge in [0.15, 0.2) is 11.6 Å². The highest BCUT2D eigenvalue weighted by atomic mass is 35.5. The van der Waals surface area contributed by atoms with Gasteiger partial charge < -0.3 is 25.2 Å². The van der Waals surface area contributed by atoms with Gasteiger partial charge in [0.1, 0.15) is 30.5 Å². The summed E-state index contributed by atoms with van der Waals surface area (Å²) in [4.78, 5) is 4.54. The Kier molecular flexibility index (Phi) is 5.64. The number of aliphatic hydroxyl groups is 4. The van der Waals surface area contributed by atoms with Crippen molar-refractivity contribution in [3.63, 3.8) is 0 Å². The van der Waals surface area contributed by atoms with Gasteiger partial charge in [-0.05, 0) is 18.2 Å². The van der Waals surface area contributed by atoms with Crippen molar-refractivity contribution < 1.29 is 25.2 Å².